The molecule has 0 aliphatic heterocycles. The molecule has 38 heavy (non-hydrogen) atoms. The van der Waals surface area contributed by atoms with Gasteiger partial charge in [0.2, 0.25) is 0 Å². The first kappa shape index (κ1) is 23.5. The van der Waals surface area contributed by atoms with Crippen LogP contribution in [0.25, 0.3) is 43.8 Å². The van der Waals surface area contributed by atoms with E-state index in [1.54, 1.807) is 29.7 Å². The molecule has 6 rings (SSSR count). The molecule has 0 bridgehead atoms. The third-order valence-electron chi connectivity index (χ3n) is 6.93. The van der Waals surface area contributed by atoms with Gasteiger partial charge >= 0.3 is 5.97 Å². The average molecular weight is 507 g/mol. The number of aromatic nitrogens is 4. The van der Waals surface area contributed by atoms with E-state index in [1.807, 2.05) is 49.4 Å². The Morgan fingerprint density at radius 2 is 1.63 bits per heavy atom. The number of aryl methyl sites for hydroxylation is 1. The van der Waals surface area contributed by atoms with E-state index in [2.05, 4.69) is 4.98 Å². The van der Waals surface area contributed by atoms with Gasteiger partial charge in [-0.1, -0.05) is 36.4 Å². The molecular weight excluding hydrogens is 483 g/mol. The molecule has 0 radical (unpaired) electrons. The van der Waals surface area contributed by atoms with Gasteiger partial charge in [-0.15, -0.1) is 0 Å². The van der Waals surface area contributed by atoms with Crippen LogP contribution in [-0.4, -0.2) is 30.4 Å². The van der Waals surface area contributed by atoms with Crippen LogP contribution in [0.2, 0.25) is 0 Å². The number of rotatable bonds is 5. The van der Waals surface area contributed by atoms with E-state index in [0.717, 1.165) is 22.2 Å². The summed E-state index contributed by atoms with van der Waals surface area (Å²) in [7, 11) is 0. The number of pyridine rings is 1. The number of carboxylic acids is 1. The van der Waals surface area contributed by atoms with E-state index in [4.69, 9.17) is 5.10 Å². The molecular formula is C30H23FN4O3. The standard InChI is InChI=1S/C30H23FN4O3/c1-17-13-19(21-7-5-6-10-25(21)32-17)15-35-30(38)23-9-4-3-8-22(23)29(33-35)28-18(2)34(16-27(36)37)26-12-11-20(31)14-24(26)28/h3-14H,15-16H2,1-2H3,(H,36,37). The number of benzene rings is 3. The summed E-state index contributed by atoms with van der Waals surface area (Å²) in [4.78, 5) is 29.9. The molecule has 0 atom stereocenters. The maximum absolute atomic E-state index is 14.5. The number of carbonyl (C=O) groups is 1. The second-order valence-corrected chi connectivity index (χ2v) is 9.40. The molecule has 1 N–H and O–H groups in total. The van der Waals surface area contributed by atoms with E-state index in [-0.39, 0.29) is 18.6 Å². The first-order valence-corrected chi connectivity index (χ1v) is 12.2. The molecule has 188 valence electrons. The lowest BCUT2D eigenvalue weighted by Crippen LogP contribution is -2.24. The van der Waals surface area contributed by atoms with Gasteiger partial charge in [0, 0.05) is 38.6 Å². The van der Waals surface area contributed by atoms with Crippen LogP contribution in [0.1, 0.15) is 17.0 Å². The lowest BCUT2D eigenvalue weighted by atomic mass is 10.0. The third-order valence-corrected chi connectivity index (χ3v) is 6.93. The molecule has 0 saturated carbocycles. The summed E-state index contributed by atoms with van der Waals surface area (Å²) >= 11 is 0. The van der Waals surface area contributed by atoms with Gasteiger partial charge < -0.3 is 9.67 Å². The SMILES string of the molecule is Cc1cc(Cn2nc(-c3c(C)n(CC(=O)O)c4ccc(F)cc34)c3ccccc3c2=O)c2ccccc2n1. The summed E-state index contributed by atoms with van der Waals surface area (Å²) in [6.45, 7) is 3.63. The van der Waals surface area contributed by atoms with Crippen LogP contribution in [0.5, 0.6) is 0 Å². The second-order valence-electron chi connectivity index (χ2n) is 9.40. The highest BCUT2D eigenvalue weighted by molar-refractivity contribution is 6.05. The molecule has 8 heteroatoms. The van der Waals surface area contributed by atoms with E-state index in [1.165, 1.54) is 16.8 Å². The number of hydrogen-bond acceptors (Lipinski definition) is 4. The summed E-state index contributed by atoms with van der Waals surface area (Å²) in [5.41, 5.74) is 4.62. The number of para-hydroxylation sites is 1. The maximum Gasteiger partial charge on any atom is 0.323 e. The van der Waals surface area contributed by atoms with Crippen molar-refractivity contribution in [3.05, 3.63) is 106 Å². The minimum Gasteiger partial charge on any atom is -0.480 e. The van der Waals surface area contributed by atoms with Gasteiger partial charge in [0.1, 0.15) is 18.1 Å². The van der Waals surface area contributed by atoms with Gasteiger partial charge in [-0.25, -0.2) is 9.07 Å². The third kappa shape index (κ3) is 3.82. The highest BCUT2D eigenvalue weighted by atomic mass is 19.1. The fraction of sp³-hybridized carbons (Fsp3) is 0.133. The Balaban J connectivity index is 1.65. The van der Waals surface area contributed by atoms with Crippen LogP contribution in [0, 0.1) is 19.7 Å². The van der Waals surface area contributed by atoms with Crippen LogP contribution >= 0.6 is 0 Å². The summed E-state index contributed by atoms with van der Waals surface area (Å²) in [6.07, 6.45) is 0. The van der Waals surface area contributed by atoms with E-state index in [0.29, 0.717) is 38.6 Å². The molecule has 3 aromatic carbocycles. The minimum absolute atomic E-state index is 0.210. The summed E-state index contributed by atoms with van der Waals surface area (Å²) in [5.74, 6) is -1.45. The van der Waals surface area contributed by atoms with E-state index >= 15 is 0 Å². The van der Waals surface area contributed by atoms with Crippen molar-refractivity contribution in [3.8, 4) is 11.3 Å². The first-order chi connectivity index (χ1) is 18.3. The Kier molecular flexibility index (Phi) is 5.52. The summed E-state index contributed by atoms with van der Waals surface area (Å²) in [5, 5.41) is 16.9. The zero-order valence-corrected chi connectivity index (χ0v) is 20.8. The quantitative estimate of drug-likeness (QED) is 0.336. The van der Waals surface area contributed by atoms with Crippen LogP contribution < -0.4 is 5.56 Å². The number of halogens is 1. The molecule has 0 aliphatic rings. The van der Waals surface area contributed by atoms with Crippen molar-refractivity contribution in [3.63, 3.8) is 0 Å². The number of fused-ring (bicyclic) bond motifs is 3. The van der Waals surface area contributed by atoms with Crippen LogP contribution in [0.3, 0.4) is 0 Å². The molecule has 3 aromatic heterocycles. The molecule has 7 nitrogen and oxygen atoms in total. The number of carboxylic acid groups (broad SMARTS) is 1. The van der Waals surface area contributed by atoms with Crippen molar-refractivity contribution in [2.45, 2.75) is 26.9 Å². The Morgan fingerprint density at radius 3 is 2.39 bits per heavy atom. The minimum atomic E-state index is -1.01. The topological polar surface area (TPSA) is 90.0 Å². The second kappa shape index (κ2) is 8.92. The van der Waals surface area contributed by atoms with Crippen molar-refractivity contribution in [2.24, 2.45) is 0 Å². The highest BCUT2D eigenvalue weighted by Gasteiger charge is 2.22. The number of aliphatic carboxylic acids is 1. The Morgan fingerprint density at radius 1 is 0.921 bits per heavy atom. The fourth-order valence-electron chi connectivity index (χ4n) is 5.31. The van der Waals surface area contributed by atoms with E-state index < -0.39 is 11.8 Å². The predicted octanol–water partition coefficient (Wildman–Crippen LogP) is 5.46. The zero-order valence-electron chi connectivity index (χ0n) is 20.8. The molecule has 0 spiro atoms. The number of hydrogen-bond donors (Lipinski definition) is 1. The Bertz CT molecular complexity index is 1970. The van der Waals surface area contributed by atoms with Gasteiger partial charge in [0.25, 0.3) is 5.56 Å². The maximum atomic E-state index is 14.5. The summed E-state index contributed by atoms with van der Waals surface area (Å²) in [6, 6.07) is 21.2. The van der Waals surface area contributed by atoms with Crippen LogP contribution in [0.15, 0.2) is 77.6 Å². The molecule has 0 amide bonds. The highest BCUT2D eigenvalue weighted by Crippen LogP contribution is 2.37. The van der Waals surface area contributed by atoms with E-state index in [9.17, 15) is 19.1 Å². The molecule has 0 fully saturated rings. The monoisotopic (exact) mass is 506 g/mol. The van der Waals surface area contributed by atoms with Gasteiger partial charge in [-0.3, -0.25) is 14.6 Å². The van der Waals surface area contributed by atoms with Crippen LogP contribution in [-0.2, 0) is 17.9 Å². The van der Waals surface area contributed by atoms with Crippen molar-refractivity contribution in [1.29, 1.82) is 0 Å². The molecule has 0 saturated heterocycles. The lowest BCUT2D eigenvalue weighted by Gasteiger charge is -2.14. The van der Waals surface area contributed by atoms with Crippen molar-refractivity contribution in [2.75, 3.05) is 0 Å². The van der Waals surface area contributed by atoms with Gasteiger partial charge in [0.05, 0.1) is 17.4 Å². The molecule has 0 unspecified atom stereocenters. The zero-order chi connectivity index (χ0) is 26.6. The smallest absolute Gasteiger partial charge is 0.323 e. The molecule has 3 heterocycles. The first-order valence-electron chi connectivity index (χ1n) is 12.2. The lowest BCUT2D eigenvalue weighted by molar-refractivity contribution is -0.137. The molecule has 6 aromatic rings. The van der Waals surface area contributed by atoms with Crippen molar-refractivity contribution >= 4 is 38.5 Å². The number of nitrogens with zero attached hydrogens (tertiary/aromatic N) is 4. The molecule has 0 aliphatic carbocycles. The van der Waals surface area contributed by atoms with Gasteiger partial charge in [-0.2, -0.15) is 5.10 Å². The normalized spacial score (nSPS) is 11.6. The van der Waals surface area contributed by atoms with Crippen molar-refractivity contribution < 1.29 is 14.3 Å². The summed E-state index contributed by atoms with van der Waals surface area (Å²) < 4.78 is 17.5. The Labute approximate surface area is 216 Å². The largest absolute Gasteiger partial charge is 0.480 e. The van der Waals surface area contributed by atoms with Gasteiger partial charge in [0.15, 0.2) is 0 Å². The van der Waals surface area contributed by atoms with Crippen LogP contribution in [0.4, 0.5) is 4.39 Å². The predicted molar refractivity (Wildman–Crippen MR) is 145 cm³/mol. The fourth-order valence-corrected chi connectivity index (χ4v) is 5.31. The Hall–Kier alpha value is -4.85. The van der Waals surface area contributed by atoms with Crippen molar-refractivity contribution in [1.82, 2.24) is 19.3 Å². The average Bonchev–Trinajstić information content (AvgIpc) is 3.15. The van der Waals surface area contributed by atoms with Gasteiger partial charge in [-0.05, 0) is 55.8 Å².